The fourth-order valence-corrected chi connectivity index (χ4v) is 2.79. The number of carbonyl (C=O) groups is 2. The van der Waals surface area contributed by atoms with E-state index in [0.717, 1.165) is 6.42 Å². The van der Waals surface area contributed by atoms with Crippen LogP contribution in [0.15, 0.2) is 18.2 Å². The third-order valence-electron chi connectivity index (χ3n) is 4.43. The molecule has 9 heteroatoms. The van der Waals surface area contributed by atoms with Crippen LogP contribution in [0.3, 0.4) is 0 Å². The Morgan fingerprint density at radius 2 is 2.15 bits per heavy atom. The zero-order valence-corrected chi connectivity index (χ0v) is 15.3. The maximum Gasteiger partial charge on any atom is 0.387 e. The zero-order valence-electron chi connectivity index (χ0n) is 15.3. The molecule has 150 valence electrons. The smallest absolute Gasteiger partial charge is 0.387 e. The van der Waals surface area contributed by atoms with E-state index < -0.39 is 24.0 Å². The first-order valence-electron chi connectivity index (χ1n) is 8.72. The number of halogens is 2. The van der Waals surface area contributed by atoms with Crippen molar-refractivity contribution in [2.45, 2.75) is 39.8 Å². The lowest BCUT2D eigenvalue weighted by Crippen LogP contribution is -2.40. The average Bonchev–Trinajstić information content (AvgIpc) is 3.02. The first kappa shape index (κ1) is 20.7. The molecule has 1 saturated heterocycles. The van der Waals surface area contributed by atoms with E-state index in [-0.39, 0.29) is 18.8 Å². The van der Waals surface area contributed by atoms with Crippen LogP contribution >= 0.6 is 0 Å². The molecule has 1 aliphatic heterocycles. The Morgan fingerprint density at radius 1 is 1.41 bits per heavy atom. The number of hydrogen-bond acceptors (Lipinski definition) is 4. The van der Waals surface area contributed by atoms with Crippen LogP contribution in [0.25, 0.3) is 0 Å². The number of benzene rings is 1. The van der Waals surface area contributed by atoms with Crippen LogP contribution in [0.1, 0.15) is 32.3 Å². The van der Waals surface area contributed by atoms with E-state index in [0.29, 0.717) is 30.9 Å². The van der Waals surface area contributed by atoms with E-state index in [9.17, 15) is 23.5 Å². The van der Waals surface area contributed by atoms with Crippen molar-refractivity contribution in [1.29, 1.82) is 0 Å². The van der Waals surface area contributed by atoms with Crippen molar-refractivity contribution in [3.63, 3.8) is 0 Å². The van der Waals surface area contributed by atoms with Gasteiger partial charge in [-0.2, -0.15) is 8.78 Å². The second kappa shape index (κ2) is 8.88. The van der Waals surface area contributed by atoms with Gasteiger partial charge in [0.2, 0.25) is 0 Å². The molecular weight excluding hydrogens is 362 g/mol. The summed E-state index contributed by atoms with van der Waals surface area (Å²) < 4.78 is 35.3. The van der Waals surface area contributed by atoms with Gasteiger partial charge in [-0.3, -0.25) is 4.79 Å². The van der Waals surface area contributed by atoms with Crippen molar-refractivity contribution in [3.05, 3.63) is 23.8 Å². The number of rotatable bonds is 8. The number of hydrogen-bond donors (Lipinski definition) is 2. The quantitative estimate of drug-likeness (QED) is 0.717. The number of carboxylic acid groups (broad SMARTS) is 1. The molecule has 0 bridgehead atoms. The SMILES string of the molecule is CCCOc1ccc(CNC(=O)N2CCC(C)(C(=O)O)C2)c(OC(F)F)c1. The number of ether oxygens (including phenoxy) is 2. The Morgan fingerprint density at radius 3 is 2.74 bits per heavy atom. The van der Waals surface area contributed by atoms with E-state index >= 15 is 0 Å². The van der Waals surface area contributed by atoms with Crippen LogP contribution < -0.4 is 14.8 Å². The van der Waals surface area contributed by atoms with Gasteiger partial charge in [-0.05, 0) is 31.9 Å². The summed E-state index contributed by atoms with van der Waals surface area (Å²) in [5.74, 6) is -0.622. The maximum atomic E-state index is 12.7. The third-order valence-corrected chi connectivity index (χ3v) is 4.43. The highest BCUT2D eigenvalue weighted by atomic mass is 19.3. The summed E-state index contributed by atoms with van der Waals surface area (Å²) in [7, 11) is 0. The summed E-state index contributed by atoms with van der Waals surface area (Å²) in [4.78, 5) is 24.9. The second-order valence-corrected chi connectivity index (χ2v) is 6.69. The number of carboxylic acids is 1. The topological polar surface area (TPSA) is 88.1 Å². The molecule has 0 spiro atoms. The summed E-state index contributed by atoms with van der Waals surface area (Å²) in [5, 5.41) is 11.9. The fraction of sp³-hybridized carbons (Fsp3) is 0.556. The van der Waals surface area contributed by atoms with Crippen LogP contribution in [0.4, 0.5) is 13.6 Å². The highest BCUT2D eigenvalue weighted by Gasteiger charge is 2.42. The summed E-state index contributed by atoms with van der Waals surface area (Å²) in [5.41, 5.74) is -0.604. The number of alkyl halides is 2. The van der Waals surface area contributed by atoms with Gasteiger partial charge in [0.1, 0.15) is 11.5 Å². The van der Waals surface area contributed by atoms with Crippen molar-refractivity contribution in [3.8, 4) is 11.5 Å². The molecule has 0 saturated carbocycles. The normalized spacial score (nSPS) is 19.2. The minimum absolute atomic E-state index is 0.0325. The Bertz CT molecular complexity index is 686. The van der Waals surface area contributed by atoms with Crippen LogP contribution in [-0.4, -0.2) is 48.3 Å². The molecule has 1 aliphatic rings. The van der Waals surface area contributed by atoms with Crippen LogP contribution in [0.2, 0.25) is 0 Å². The van der Waals surface area contributed by atoms with E-state index in [1.165, 1.54) is 11.0 Å². The highest BCUT2D eigenvalue weighted by Crippen LogP contribution is 2.30. The molecule has 1 heterocycles. The number of urea groups is 1. The molecule has 0 aromatic heterocycles. The third kappa shape index (κ3) is 5.45. The molecule has 1 unspecified atom stereocenters. The van der Waals surface area contributed by atoms with Crippen LogP contribution in [0.5, 0.6) is 11.5 Å². The monoisotopic (exact) mass is 386 g/mol. The molecular formula is C18H24F2N2O5. The molecule has 2 amide bonds. The molecule has 0 aliphatic carbocycles. The van der Waals surface area contributed by atoms with Gasteiger partial charge in [0, 0.05) is 31.3 Å². The van der Waals surface area contributed by atoms with Gasteiger partial charge in [-0.15, -0.1) is 0 Å². The average molecular weight is 386 g/mol. The van der Waals surface area contributed by atoms with Gasteiger partial charge in [-0.25, -0.2) is 4.79 Å². The molecule has 2 N–H and O–H groups in total. The predicted octanol–water partition coefficient (Wildman–Crippen LogP) is 3.08. The first-order chi connectivity index (χ1) is 12.7. The summed E-state index contributed by atoms with van der Waals surface area (Å²) >= 11 is 0. The van der Waals surface area contributed by atoms with Crippen molar-refractivity contribution in [2.24, 2.45) is 5.41 Å². The largest absolute Gasteiger partial charge is 0.493 e. The van der Waals surface area contributed by atoms with E-state index in [1.54, 1.807) is 19.1 Å². The molecule has 1 atom stereocenters. The molecule has 1 aromatic carbocycles. The van der Waals surface area contributed by atoms with Gasteiger partial charge < -0.3 is 24.8 Å². The summed E-state index contributed by atoms with van der Waals surface area (Å²) in [6.07, 6.45) is 1.13. The standard InChI is InChI=1S/C18H24F2N2O5/c1-3-8-26-13-5-4-12(14(9-13)27-16(19)20)10-21-17(25)22-7-6-18(2,11-22)15(23)24/h4-5,9,16H,3,6-8,10-11H2,1-2H3,(H,21,25)(H,23,24). The molecule has 2 rings (SSSR count). The van der Waals surface area contributed by atoms with Gasteiger partial charge in [0.25, 0.3) is 0 Å². The maximum absolute atomic E-state index is 12.7. The van der Waals surface area contributed by atoms with Crippen molar-refractivity contribution >= 4 is 12.0 Å². The van der Waals surface area contributed by atoms with E-state index in [2.05, 4.69) is 10.1 Å². The molecule has 7 nitrogen and oxygen atoms in total. The van der Waals surface area contributed by atoms with Crippen molar-refractivity contribution in [1.82, 2.24) is 10.2 Å². The van der Waals surface area contributed by atoms with Crippen molar-refractivity contribution in [2.75, 3.05) is 19.7 Å². The van der Waals surface area contributed by atoms with Crippen LogP contribution in [0, 0.1) is 5.41 Å². The molecule has 27 heavy (non-hydrogen) atoms. The molecule has 1 aromatic rings. The Hall–Kier alpha value is -2.58. The number of carbonyl (C=O) groups excluding carboxylic acids is 1. The van der Waals surface area contributed by atoms with E-state index in [1.807, 2.05) is 6.92 Å². The number of nitrogens with zero attached hydrogens (tertiary/aromatic N) is 1. The number of aliphatic carboxylic acids is 1. The van der Waals surface area contributed by atoms with E-state index in [4.69, 9.17) is 4.74 Å². The van der Waals surface area contributed by atoms with Crippen LogP contribution in [-0.2, 0) is 11.3 Å². The summed E-state index contributed by atoms with van der Waals surface area (Å²) in [6.45, 7) is 1.34. The number of likely N-dealkylation sites (tertiary alicyclic amines) is 1. The lowest BCUT2D eigenvalue weighted by atomic mass is 9.90. The van der Waals surface area contributed by atoms with Gasteiger partial charge in [0.15, 0.2) is 0 Å². The number of amides is 2. The van der Waals surface area contributed by atoms with Crippen molar-refractivity contribution < 1.29 is 33.0 Å². The van der Waals surface area contributed by atoms with Gasteiger partial charge in [-0.1, -0.05) is 6.92 Å². The molecule has 0 radical (unpaired) electrons. The Kier molecular flexibility index (Phi) is 6.81. The number of nitrogens with one attached hydrogen (secondary N) is 1. The lowest BCUT2D eigenvalue weighted by molar-refractivity contribution is -0.147. The fourth-order valence-electron chi connectivity index (χ4n) is 2.79. The molecule has 1 fully saturated rings. The van der Waals surface area contributed by atoms with Gasteiger partial charge >= 0.3 is 18.6 Å². The Labute approximate surface area is 156 Å². The zero-order chi connectivity index (χ0) is 20.0. The summed E-state index contributed by atoms with van der Waals surface area (Å²) in [6, 6.07) is 4.08. The second-order valence-electron chi connectivity index (χ2n) is 6.69. The highest BCUT2D eigenvalue weighted by molar-refractivity contribution is 5.79. The minimum Gasteiger partial charge on any atom is -0.493 e. The lowest BCUT2D eigenvalue weighted by Gasteiger charge is -2.21. The predicted molar refractivity (Wildman–Crippen MR) is 93.0 cm³/mol. The Balaban J connectivity index is 2.01. The minimum atomic E-state index is -3.00. The first-order valence-corrected chi connectivity index (χ1v) is 8.72. The van der Waals surface area contributed by atoms with Gasteiger partial charge in [0.05, 0.1) is 12.0 Å².